The molecule has 3 aromatic carbocycles. The number of carbonyl (C=O) groups is 4. The molecule has 220 valence electrons. The average molecular weight is 590 g/mol. The van der Waals surface area contributed by atoms with Crippen molar-refractivity contribution in [3.05, 3.63) is 99.6 Å². The van der Waals surface area contributed by atoms with Gasteiger partial charge in [0.25, 0.3) is 5.69 Å². The standard InChI is InChI=1S/C34H27N3O7/c1-18-2-13-27-25(14-18)26(34(41)44-17-29(38)20-7-11-24(12-8-20)37(42)43)16-28(35-27)19-5-9-23(10-6-19)36-32(39)30-21-3-4-22(15-21)31(30)33(36)40/h2,5-14,16,21-22,30-31H,3-4,15,17H2,1H3. The van der Waals surface area contributed by atoms with Gasteiger partial charge in [0, 0.05) is 28.6 Å². The second-order valence-electron chi connectivity index (χ2n) is 11.8. The Morgan fingerprint density at radius 1 is 0.932 bits per heavy atom. The molecule has 2 amide bonds. The molecular formula is C34H27N3O7. The number of esters is 1. The lowest BCUT2D eigenvalue weighted by Crippen LogP contribution is -2.32. The summed E-state index contributed by atoms with van der Waals surface area (Å²) in [6.45, 7) is 1.34. The lowest BCUT2D eigenvalue weighted by Gasteiger charge is -2.19. The van der Waals surface area contributed by atoms with Crippen LogP contribution in [0.25, 0.3) is 22.2 Å². The van der Waals surface area contributed by atoms with E-state index in [1.165, 1.54) is 29.2 Å². The van der Waals surface area contributed by atoms with Crippen molar-refractivity contribution in [2.45, 2.75) is 26.2 Å². The minimum absolute atomic E-state index is 0.104. The Bertz CT molecular complexity index is 1860. The number of hydrogen-bond acceptors (Lipinski definition) is 8. The van der Waals surface area contributed by atoms with Gasteiger partial charge in [0.15, 0.2) is 12.4 Å². The van der Waals surface area contributed by atoms with Crippen LogP contribution < -0.4 is 4.90 Å². The number of anilines is 1. The number of ether oxygens (including phenoxy) is 1. The molecule has 4 aromatic rings. The molecule has 0 spiro atoms. The second kappa shape index (κ2) is 10.5. The van der Waals surface area contributed by atoms with Crippen molar-refractivity contribution in [2.75, 3.05) is 11.5 Å². The predicted molar refractivity (Wildman–Crippen MR) is 160 cm³/mol. The van der Waals surface area contributed by atoms with Crippen molar-refractivity contribution < 1.29 is 28.8 Å². The molecule has 44 heavy (non-hydrogen) atoms. The van der Waals surface area contributed by atoms with Crippen molar-refractivity contribution in [2.24, 2.45) is 23.7 Å². The van der Waals surface area contributed by atoms with Gasteiger partial charge in [0.05, 0.1) is 39.2 Å². The molecule has 0 N–H and O–H groups in total. The zero-order valence-corrected chi connectivity index (χ0v) is 23.8. The maximum atomic E-state index is 13.3. The quantitative estimate of drug-likeness (QED) is 0.0881. The van der Waals surface area contributed by atoms with Gasteiger partial charge in [-0.2, -0.15) is 0 Å². The fraction of sp³-hybridized carbons (Fsp3) is 0.265. The minimum atomic E-state index is -0.717. The molecule has 2 bridgehead atoms. The van der Waals surface area contributed by atoms with Gasteiger partial charge >= 0.3 is 5.97 Å². The zero-order valence-electron chi connectivity index (χ0n) is 23.8. The number of fused-ring (bicyclic) bond motifs is 6. The minimum Gasteiger partial charge on any atom is -0.454 e. The van der Waals surface area contributed by atoms with Crippen LogP contribution in [0.4, 0.5) is 11.4 Å². The monoisotopic (exact) mass is 589 g/mol. The third-order valence-electron chi connectivity index (χ3n) is 9.27. The van der Waals surface area contributed by atoms with Gasteiger partial charge in [-0.1, -0.05) is 23.8 Å². The highest BCUT2D eigenvalue weighted by molar-refractivity contribution is 6.22. The van der Waals surface area contributed by atoms with E-state index in [2.05, 4.69) is 0 Å². The van der Waals surface area contributed by atoms with Crippen molar-refractivity contribution in [3.63, 3.8) is 0 Å². The number of nitrogens with zero attached hydrogens (tertiary/aromatic N) is 3. The molecule has 2 aliphatic carbocycles. The van der Waals surface area contributed by atoms with Crippen LogP contribution in [0.3, 0.4) is 0 Å². The third-order valence-corrected chi connectivity index (χ3v) is 9.27. The number of ketones is 1. The van der Waals surface area contributed by atoms with Crippen molar-refractivity contribution in [1.29, 1.82) is 0 Å². The smallest absolute Gasteiger partial charge is 0.339 e. The van der Waals surface area contributed by atoms with Crippen LogP contribution in [-0.2, 0) is 14.3 Å². The van der Waals surface area contributed by atoms with Gasteiger partial charge in [-0.15, -0.1) is 0 Å². The number of aryl methyl sites for hydroxylation is 1. The SMILES string of the molecule is Cc1ccc2nc(-c3ccc(N4C(=O)C5C6CCC(C6)C5C4=O)cc3)cc(C(=O)OCC(=O)c3ccc([N+](=O)[O-])cc3)c2c1. The maximum absolute atomic E-state index is 13.3. The number of non-ortho nitro benzene ring substituents is 1. The van der Waals surface area contributed by atoms with Gasteiger partial charge in [0.2, 0.25) is 11.8 Å². The summed E-state index contributed by atoms with van der Waals surface area (Å²) in [6.07, 6.45) is 3.00. The van der Waals surface area contributed by atoms with Crippen LogP contribution in [0, 0.1) is 40.7 Å². The molecule has 10 heteroatoms. The summed E-state index contributed by atoms with van der Waals surface area (Å²) in [5.74, 6) is -1.22. The number of rotatable bonds is 7. The van der Waals surface area contributed by atoms with Gasteiger partial charge in [-0.25, -0.2) is 9.78 Å². The van der Waals surface area contributed by atoms with E-state index in [9.17, 15) is 29.3 Å². The van der Waals surface area contributed by atoms with Crippen LogP contribution in [-0.4, -0.2) is 40.1 Å². The topological polar surface area (TPSA) is 137 Å². The summed E-state index contributed by atoms with van der Waals surface area (Å²) < 4.78 is 5.40. The van der Waals surface area contributed by atoms with Crippen LogP contribution in [0.5, 0.6) is 0 Å². The molecule has 2 heterocycles. The van der Waals surface area contributed by atoms with Crippen molar-refractivity contribution >= 4 is 45.8 Å². The Hall–Kier alpha value is -5.25. The summed E-state index contributed by atoms with van der Waals surface area (Å²) >= 11 is 0. The first-order chi connectivity index (χ1) is 21.2. The highest BCUT2D eigenvalue weighted by atomic mass is 16.6. The molecule has 3 aliphatic rings. The van der Waals surface area contributed by atoms with Crippen LogP contribution in [0.2, 0.25) is 0 Å². The fourth-order valence-corrected chi connectivity index (χ4v) is 7.16. The van der Waals surface area contributed by atoms with Crippen LogP contribution in [0.1, 0.15) is 45.5 Å². The number of nitro groups is 1. The normalized spacial score (nSPS) is 22.0. The Morgan fingerprint density at radius 3 is 2.23 bits per heavy atom. The van der Waals surface area contributed by atoms with E-state index in [-0.39, 0.29) is 40.5 Å². The molecular weight excluding hydrogens is 562 g/mol. The van der Waals surface area contributed by atoms with Gasteiger partial charge in [-0.3, -0.25) is 29.4 Å². The zero-order chi connectivity index (χ0) is 30.7. The maximum Gasteiger partial charge on any atom is 0.339 e. The molecule has 1 saturated heterocycles. The highest BCUT2D eigenvalue weighted by Gasteiger charge is 2.61. The molecule has 1 aromatic heterocycles. The van der Waals surface area contributed by atoms with Gasteiger partial charge in [-0.05, 0) is 80.5 Å². The van der Waals surface area contributed by atoms with E-state index >= 15 is 0 Å². The summed E-state index contributed by atoms with van der Waals surface area (Å²) in [5.41, 5.74) is 3.41. The third kappa shape index (κ3) is 4.54. The summed E-state index contributed by atoms with van der Waals surface area (Å²) in [4.78, 5) is 68.9. The number of benzene rings is 3. The number of carbonyl (C=O) groups excluding carboxylic acids is 4. The van der Waals surface area contributed by atoms with E-state index in [0.717, 1.165) is 24.8 Å². The first kappa shape index (κ1) is 27.6. The second-order valence-corrected chi connectivity index (χ2v) is 11.8. The van der Waals surface area contributed by atoms with Crippen molar-refractivity contribution in [3.8, 4) is 11.3 Å². The lowest BCUT2D eigenvalue weighted by molar-refractivity contribution is -0.384. The Kier molecular flexibility index (Phi) is 6.57. The van der Waals surface area contributed by atoms with Gasteiger partial charge < -0.3 is 4.74 Å². The molecule has 7 rings (SSSR count). The predicted octanol–water partition coefficient (Wildman–Crippen LogP) is 5.69. The molecule has 4 unspecified atom stereocenters. The van der Waals surface area contributed by atoms with E-state index < -0.39 is 23.3 Å². The number of nitro benzene ring substituents is 1. The van der Waals surface area contributed by atoms with Crippen molar-refractivity contribution in [1.82, 2.24) is 4.98 Å². The Balaban J connectivity index is 1.14. The molecule has 3 fully saturated rings. The van der Waals surface area contributed by atoms with Gasteiger partial charge in [0.1, 0.15) is 0 Å². The number of amides is 2. The molecule has 4 atom stereocenters. The molecule has 2 saturated carbocycles. The molecule has 1 aliphatic heterocycles. The highest BCUT2D eigenvalue weighted by Crippen LogP contribution is 2.56. The van der Waals surface area contributed by atoms with Crippen LogP contribution in [0.15, 0.2) is 72.8 Å². The van der Waals surface area contributed by atoms with E-state index in [0.29, 0.717) is 39.7 Å². The number of pyridine rings is 1. The fourth-order valence-electron chi connectivity index (χ4n) is 7.16. The number of Topliss-reactive ketones (excluding diaryl/α,β-unsaturated/α-hetero) is 1. The van der Waals surface area contributed by atoms with E-state index in [1.54, 1.807) is 36.4 Å². The Labute approximate surface area is 251 Å². The number of aromatic nitrogens is 1. The number of hydrogen-bond donors (Lipinski definition) is 0. The average Bonchev–Trinajstić information content (AvgIpc) is 3.72. The first-order valence-electron chi connectivity index (χ1n) is 14.5. The summed E-state index contributed by atoms with van der Waals surface area (Å²) in [5, 5.41) is 11.5. The lowest BCUT2D eigenvalue weighted by atomic mass is 9.81. The molecule has 10 nitrogen and oxygen atoms in total. The van der Waals surface area contributed by atoms with E-state index in [4.69, 9.17) is 9.72 Å². The van der Waals surface area contributed by atoms with Crippen LogP contribution >= 0.6 is 0 Å². The summed E-state index contributed by atoms with van der Waals surface area (Å²) in [7, 11) is 0. The van der Waals surface area contributed by atoms with E-state index in [1.807, 2.05) is 19.1 Å². The number of imide groups is 1. The molecule has 0 radical (unpaired) electrons. The first-order valence-corrected chi connectivity index (χ1v) is 14.5. The Morgan fingerprint density at radius 2 is 1.59 bits per heavy atom. The largest absolute Gasteiger partial charge is 0.454 e. The summed E-state index contributed by atoms with van der Waals surface area (Å²) in [6, 6.07) is 19.2.